The van der Waals surface area contributed by atoms with Crippen molar-refractivity contribution in [3.05, 3.63) is 28.8 Å². The first-order valence-corrected chi connectivity index (χ1v) is 8.89. The Labute approximate surface area is 165 Å². The molecule has 0 unspecified atom stereocenters. The van der Waals surface area contributed by atoms with Gasteiger partial charge >= 0.3 is 0 Å². The van der Waals surface area contributed by atoms with Crippen LogP contribution in [0.4, 0.5) is 5.69 Å². The SMILES string of the molecule is COCC1(C(=O)NCCC(=O)Nc2cccc(Cl)c2C)CCNCC1.Cl. The normalized spacial score (nSPS) is 15.7. The number of nitrogens with one attached hydrogen (secondary N) is 3. The molecule has 6 nitrogen and oxygen atoms in total. The van der Waals surface area contributed by atoms with Gasteiger partial charge in [0.1, 0.15) is 0 Å². The first-order valence-electron chi connectivity index (χ1n) is 8.51. The van der Waals surface area contributed by atoms with E-state index in [0.717, 1.165) is 31.5 Å². The summed E-state index contributed by atoms with van der Waals surface area (Å²) in [5.41, 5.74) is 1.02. The molecule has 0 radical (unpaired) electrons. The molecule has 0 bridgehead atoms. The fourth-order valence-electron chi connectivity index (χ4n) is 3.05. The summed E-state index contributed by atoms with van der Waals surface area (Å²) < 4.78 is 5.26. The van der Waals surface area contributed by atoms with E-state index in [9.17, 15) is 9.59 Å². The average molecular weight is 404 g/mol. The van der Waals surface area contributed by atoms with Crippen LogP contribution in [0, 0.1) is 12.3 Å². The number of ether oxygens (including phenoxy) is 1. The summed E-state index contributed by atoms with van der Waals surface area (Å²) in [6.07, 6.45) is 1.68. The van der Waals surface area contributed by atoms with Crippen molar-refractivity contribution in [3.63, 3.8) is 0 Å². The summed E-state index contributed by atoms with van der Waals surface area (Å²) in [5.74, 6) is -0.195. The van der Waals surface area contributed by atoms with Gasteiger partial charge in [-0.1, -0.05) is 17.7 Å². The Hall–Kier alpha value is -1.34. The second-order valence-electron chi connectivity index (χ2n) is 6.43. The zero-order valence-electron chi connectivity index (χ0n) is 15.2. The predicted octanol–water partition coefficient (Wildman–Crippen LogP) is 2.53. The lowest BCUT2D eigenvalue weighted by Gasteiger charge is -2.35. The molecule has 1 fully saturated rings. The molecule has 1 aromatic rings. The van der Waals surface area contributed by atoms with Crippen LogP contribution in [0.3, 0.4) is 0 Å². The monoisotopic (exact) mass is 403 g/mol. The number of halogens is 2. The second-order valence-corrected chi connectivity index (χ2v) is 6.84. The summed E-state index contributed by atoms with van der Waals surface area (Å²) in [4.78, 5) is 24.7. The smallest absolute Gasteiger partial charge is 0.228 e. The lowest BCUT2D eigenvalue weighted by molar-refractivity contribution is -0.136. The minimum atomic E-state index is -0.500. The van der Waals surface area contributed by atoms with Gasteiger partial charge in [-0.3, -0.25) is 9.59 Å². The molecular weight excluding hydrogens is 377 g/mol. The van der Waals surface area contributed by atoms with E-state index in [4.69, 9.17) is 16.3 Å². The highest BCUT2D eigenvalue weighted by Crippen LogP contribution is 2.29. The van der Waals surface area contributed by atoms with E-state index in [1.54, 1.807) is 25.3 Å². The number of carbonyl (C=O) groups excluding carboxylic acids is 2. The van der Waals surface area contributed by atoms with Gasteiger partial charge in [-0.05, 0) is 50.6 Å². The zero-order valence-corrected chi connectivity index (χ0v) is 16.8. The van der Waals surface area contributed by atoms with E-state index < -0.39 is 5.41 Å². The van der Waals surface area contributed by atoms with E-state index >= 15 is 0 Å². The highest BCUT2D eigenvalue weighted by atomic mass is 35.5. The van der Waals surface area contributed by atoms with Crippen molar-refractivity contribution in [2.45, 2.75) is 26.2 Å². The van der Waals surface area contributed by atoms with Crippen molar-refractivity contribution in [2.75, 3.05) is 38.7 Å². The van der Waals surface area contributed by atoms with Gasteiger partial charge < -0.3 is 20.7 Å². The van der Waals surface area contributed by atoms with Crippen LogP contribution in [0.25, 0.3) is 0 Å². The van der Waals surface area contributed by atoms with Crippen LogP contribution in [0.15, 0.2) is 18.2 Å². The molecule has 1 aromatic carbocycles. The molecule has 146 valence electrons. The lowest BCUT2D eigenvalue weighted by Crippen LogP contribution is -2.50. The number of carbonyl (C=O) groups is 2. The highest BCUT2D eigenvalue weighted by molar-refractivity contribution is 6.31. The summed E-state index contributed by atoms with van der Waals surface area (Å²) >= 11 is 6.05. The third kappa shape index (κ3) is 5.84. The maximum atomic E-state index is 12.6. The molecule has 26 heavy (non-hydrogen) atoms. The standard InChI is InChI=1S/C18H26ClN3O3.ClH/c1-13-14(19)4-3-5-15(13)22-16(23)6-9-21-17(24)18(12-25-2)7-10-20-11-8-18;/h3-5,20H,6-12H2,1-2H3,(H,21,24)(H,22,23);1H. The molecule has 2 rings (SSSR count). The maximum Gasteiger partial charge on any atom is 0.228 e. The Balaban J connectivity index is 0.00000338. The fraction of sp³-hybridized carbons (Fsp3) is 0.556. The van der Waals surface area contributed by atoms with Crippen molar-refractivity contribution < 1.29 is 14.3 Å². The van der Waals surface area contributed by atoms with E-state index in [-0.39, 0.29) is 30.6 Å². The number of anilines is 1. The van der Waals surface area contributed by atoms with E-state index in [0.29, 0.717) is 23.9 Å². The number of rotatable bonds is 7. The van der Waals surface area contributed by atoms with Crippen molar-refractivity contribution in [2.24, 2.45) is 5.41 Å². The molecule has 0 aromatic heterocycles. The van der Waals surface area contributed by atoms with Crippen LogP contribution < -0.4 is 16.0 Å². The summed E-state index contributed by atoms with van der Waals surface area (Å²) in [5, 5.41) is 9.58. The Bertz CT molecular complexity index is 614. The Kier molecular flexibility index (Phi) is 9.36. The molecule has 1 saturated heterocycles. The van der Waals surface area contributed by atoms with Crippen LogP contribution in [0.5, 0.6) is 0 Å². The minimum absolute atomic E-state index is 0. The molecule has 1 heterocycles. The second kappa shape index (κ2) is 10.7. The molecule has 0 saturated carbocycles. The largest absolute Gasteiger partial charge is 0.384 e. The fourth-order valence-corrected chi connectivity index (χ4v) is 3.23. The topological polar surface area (TPSA) is 79.5 Å². The maximum absolute atomic E-state index is 12.6. The molecular formula is C18H27Cl2N3O3. The average Bonchev–Trinajstić information content (AvgIpc) is 2.60. The molecule has 0 atom stereocenters. The van der Waals surface area contributed by atoms with Crippen molar-refractivity contribution >= 4 is 41.5 Å². The minimum Gasteiger partial charge on any atom is -0.384 e. The summed E-state index contributed by atoms with van der Waals surface area (Å²) in [7, 11) is 1.61. The van der Waals surface area contributed by atoms with Crippen LogP contribution in [0.2, 0.25) is 5.02 Å². The zero-order chi connectivity index (χ0) is 18.3. The number of hydrogen-bond donors (Lipinski definition) is 3. The highest BCUT2D eigenvalue weighted by Gasteiger charge is 2.39. The van der Waals surface area contributed by atoms with Gasteiger partial charge in [0.15, 0.2) is 0 Å². The van der Waals surface area contributed by atoms with Gasteiger partial charge in [0.05, 0.1) is 12.0 Å². The van der Waals surface area contributed by atoms with Crippen LogP contribution in [-0.2, 0) is 14.3 Å². The first-order chi connectivity index (χ1) is 12.0. The van der Waals surface area contributed by atoms with Crippen LogP contribution >= 0.6 is 24.0 Å². The Morgan fingerprint density at radius 2 is 2.00 bits per heavy atom. The van der Waals surface area contributed by atoms with Crippen LogP contribution in [0.1, 0.15) is 24.8 Å². The number of hydrogen-bond acceptors (Lipinski definition) is 4. The third-order valence-electron chi connectivity index (χ3n) is 4.64. The van der Waals surface area contributed by atoms with Gasteiger partial charge in [0.25, 0.3) is 0 Å². The summed E-state index contributed by atoms with van der Waals surface area (Å²) in [6, 6.07) is 5.37. The predicted molar refractivity (Wildman–Crippen MR) is 106 cm³/mol. The quantitative estimate of drug-likeness (QED) is 0.653. The third-order valence-corrected chi connectivity index (χ3v) is 5.05. The summed E-state index contributed by atoms with van der Waals surface area (Å²) in [6.45, 7) is 4.14. The first kappa shape index (κ1) is 22.7. The van der Waals surface area contributed by atoms with Crippen molar-refractivity contribution in [1.29, 1.82) is 0 Å². The molecule has 8 heteroatoms. The number of piperidine rings is 1. The van der Waals surface area contributed by atoms with Gasteiger partial charge in [0.2, 0.25) is 11.8 Å². The number of methoxy groups -OCH3 is 1. The van der Waals surface area contributed by atoms with E-state index in [2.05, 4.69) is 16.0 Å². The molecule has 3 N–H and O–H groups in total. The van der Waals surface area contributed by atoms with Crippen molar-refractivity contribution in [1.82, 2.24) is 10.6 Å². The van der Waals surface area contributed by atoms with Crippen LogP contribution in [-0.4, -0.2) is 45.2 Å². The molecule has 0 aliphatic carbocycles. The van der Waals surface area contributed by atoms with Gasteiger partial charge in [0, 0.05) is 30.8 Å². The van der Waals surface area contributed by atoms with Crippen molar-refractivity contribution in [3.8, 4) is 0 Å². The number of amides is 2. The molecule has 1 aliphatic heterocycles. The molecule has 1 aliphatic rings. The molecule has 0 spiro atoms. The van der Waals surface area contributed by atoms with Gasteiger partial charge in [-0.15, -0.1) is 12.4 Å². The Morgan fingerprint density at radius 3 is 2.65 bits per heavy atom. The van der Waals surface area contributed by atoms with E-state index in [1.807, 2.05) is 6.92 Å². The Morgan fingerprint density at radius 1 is 1.31 bits per heavy atom. The van der Waals surface area contributed by atoms with E-state index in [1.165, 1.54) is 0 Å². The molecule has 2 amide bonds. The number of benzene rings is 1. The lowest BCUT2D eigenvalue weighted by atomic mass is 9.78. The van der Waals surface area contributed by atoms with Gasteiger partial charge in [-0.2, -0.15) is 0 Å². The van der Waals surface area contributed by atoms with Gasteiger partial charge in [-0.25, -0.2) is 0 Å².